The molecular weight excluding hydrogens is 628 g/mol. The van der Waals surface area contributed by atoms with Crippen LogP contribution in [0.4, 0.5) is 5.69 Å². The van der Waals surface area contributed by atoms with Crippen LogP contribution in [0.2, 0.25) is 0 Å². The van der Waals surface area contributed by atoms with Crippen molar-refractivity contribution in [1.29, 1.82) is 0 Å². The van der Waals surface area contributed by atoms with E-state index in [4.69, 9.17) is 0 Å². The van der Waals surface area contributed by atoms with Gasteiger partial charge in [0.25, 0.3) is 11.8 Å². The van der Waals surface area contributed by atoms with E-state index in [1.165, 1.54) is 6.92 Å². The lowest BCUT2D eigenvalue weighted by Crippen LogP contribution is -2.38. The van der Waals surface area contributed by atoms with Crippen LogP contribution in [0.15, 0.2) is 84.9 Å². The normalized spacial score (nSPS) is 13.7. The Balaban J connectivity index is 0.00000302. The molecule has 1 aliphatic heterocycles. The van der Waals surface area contributed by atoms with Crippen LogP contribution in [0.5, 0.6) is 0 Å². The Bertz CT molecular complexity index is 1970. The van der Waals surface area contributed by atoms with Crippen LogP contribution in [0.1, 0.15) is 84.0 Å². The maximum Gasteiger partial charge on any atom is 0.251 e. The van der Waals surface area contributed by atoms with Gasteiger partial charge in [0, 0.05) is 70.5 Å². The molecule has 6 rings (SSSR count). The number of fused-ring (bicyclic) bond motifs is 5. The van der Waals surface area contributed by atoms with E-state index in [0.717, 1.165) is 51.1 Å². The van der Waals surface area contributed by atoms with Gasteiger partial charge in [0.15, 0.2) is 0 Å². The number of carbonyl (C=O) groups excluding carboxylic acids is 4. The molecule has 1 heterocycles. The lowest BCUT2D eigenvalue weighted by atomic mass is 9.93. The Morgan fingerprint density at radius 3 is 2.08 bits per heavy atom. The monoisotopic (exact) mass is 672 g/mol. The zero-order chi connectivity index (χ0) is 35.2. The van der Waals surface area contributed by atoms with Crippen molar-refractivity contribution in [3.8, 4) is 23.0 Å². The van der Waals surface area contributed by atoms with Crippen LogP contribution in [0.3, 0.4) is 0 Å². The standard InChI is InChI=1S/C41H40N4O5.2H2/c1-3-19-42-40(49)30-14-16-33-34-17-15-31(41(50)43-20-22-46)24-36(34)37(35(33)23-30)26-44(27(2)47)21-18-39(48)45-25-32-10-5-4-8-28(32)12-13-29-9-6-7-11-38(29)45;;/h4-11,14-17,23-24,37,46H,3,18-22,25-26H2,1-2H3,(H,42,49)(H,43,50);2*1H. The lowest BCUT2D eigenvalue weighted by molar-refractivity contribution is -0.129. The zero-order valence-electron chi connectivity index (χ0n) is 28.3. The van der Waals surface area contributed by atoms with Crippen molar-refractivity contribution in [2.75, 3.05) is 37.7 Å². The summed E-state index contributed by atoms with van der Waals surface area (Å²) in [5, 5.41) is 14.9. The van der Waals surface area contributed by atoms with E-state index in [2.05, 4.69) is 22.5 Å². The number of hydrogen-bond donors (Lipinski definition) is 3. The summed E-state index contributed by atoms with van der Waals surface area (Å²) in [5.74, 6) is 5.30. The molecule has 1 aliphatic carbocycles. The van der Waals surface area contributed by atoms with Crippen LogP contribution in [-0.2, 0) is 16.1 Å². The first-order valence-electron chi connectivity index (χ1n) is 17.0. The molecule has 258 valence electrons. The van der Waals surface area contributed by atoms with Crippen molar-refractivity contribution in [3.05, 3.63) is 124 Å². The number of aliphatic hydroxyl groups excluding tert-OH is 1. The highest BCUT2D eigenvalue weighted by Crippen LogP contribution is 2.46. The first-order chi connectivity index (χ1) is 24.3. The van der Waals surface area contributed by atoms with Crippen molar-refractivity contribution < 1.29 is 27.1 Å². The Morgan fingerprint density at radius 2 is 1.44 bits per heavy atom. The van der Waals surface area contributed by atoms with Gasteiger partial charge in [-0.3, -0.25) is 19.2 Å². The van der Waals surface area contributed by atoms with E-state index in [1.807, 2.05) is 79.7 Å². The first kappa shape index (κ1) is 34.2. The van der Waals surface area contributed by atoms with Crippen molar-refractivity contribution in [2.45, 2.75) is 39.2 Å². The number of carbonyl (C=O) groups is 4. The molecule has 1 unspecified atom stereocenters. The van der Waals surface area contributed by atoms with Gasteiger partial charge in [-0.25, -0.2) is 0 Å². The minimum Gasteiger partial charge on any atom is -0.395 e. The minimum atomic E-state index is -0.354. The van der Waals surface area contributed by atoms with Gasteiger partial charge >= 0.3 is 0 Å². The molecule has 0 spiro atoms. The fraction of sp³-hybridized carbons (Fsp3) is 0.268. The molecule has 1 atom stereocenters. The van der Waals surface area contributed by atoms with Gasteiger partial charge in [-0.05, 0) is 76.7 Å². The van der Waals surface area contributed by atoms with Crippen LogP contribution >= 0.6 is 0 Å². The van der Waals surface area contributed by atoms with Crippen molar-refractivity contribution in [1.82, 2.24) is 15.5 Å². The topological polar surface area (TPSA) is 119 Å². The molecule has 2 aliphatic rings. The van der Waals surface area contributed by atoms with Gasteiger partial charge in [0.2, 0.25) is 11.8 Å². The summed E-state index contributed by atoms with van der Waals surface area (Å²) in [6.07, 6.45) is 0.889. The average molecular weight is 673 g/mol. The highest BCUT2D eigenvalue weighted by atomic mass is 16.3. The third-order valence-corrected chi connectivity index (χ3v) is 9.22. The molecule has 0 bridgehead atoms. The van der Waals surface area contributed by atoms with Crippen LogP contribution in [0, 0.1) is 11.8 Å². The summed E-state index contributed by atoms with van der Waals surface area (Å²) in [6.45, 7) is 4.76. The molecule has 9 nitrogen and oxygen atoms in total. The van der Waals surface area contributed by atoms with Crippen molar-refractivity contribution in [2.24, 2.45) is 0 Å². The van der Waals surface area contributed by atoms with E-state index in [1.54, 1.807) is 21.9 Å². The fourth-order valence-corrected chi connectivity index (χ4v) is 6.62. The molecule has 50 heavy (non-hydrogen) atoms. The SMILES string of the molecule is CCCNC(=O)c1ccc2c(c1)C(CN(CCC(=O)N1Cc3ccccc3C#Cc3ccccc31)C(C)=O)c1cc(C(=O)NCCO)ccc1-2.[HH].[HH]. The van der Waals surface area contributed by atoms with Crippen molar-refractivity contribution in [3.63, 3.8) is 0 Å². The van der Waals surface area contributed by atoms with Crippen molar-refractivity contribution >= 4 is 29.3 Å². The van der Waals surface area contributed by atoms with Gasteiger partial charge in [-0.1, -0.05) is 61.2 Å². The quantitative estimate of drug-likeness (QED) is 0.186. The average Bonchev–Trinajstić information content (AvgIpc) is 3.43. The number of para-hydroxylation sites is 1. The molecule has 9 heteroatoms. The molecule has 4 aromatic rings. The summed E-state index contributed by atoms with van der Waals surface area (Å²) < 4.78 is 0. The maximum absolute atomic E-state index is 14.0. The number of nitrogens with one attached hydrogen (secondary N) is 2. The Labute approximate surface area is 295 Å². The minimum absolute atomic E-state index is 0. The number of nitrogens with zero attached hydrogens (tertiary/aromatic N) is 2. The zero-order valence-corrected chi connectivity index (χ0v) is 28.3. The number of rotatable bonds is 11. The van der Waals surface area contributed by atoms with Gasteiger partial charge < -0.3 is 25.5 Å². The molecule has 3 N–H and O–H groups in total. The van der Waals surface area contributed by atoms with E-state index in [-0.39, 0.29) is 65.1 Å². The Hall–Kier alpha value is -5.72. The molecular formula is C41H44N4O5. The second-order valence-corrected chi connectivity index (χ2v) is 12.5. The first-order valence-corrected chi connectivity index (χ1v) is 17.0. The predicted octanol–water partition coefficient (Wildman–Crippen LogP) is 5.34. The fourth-order valence-electron chi connectivity index (χ4n) is 6.62. The second kappa shape index (κ2) is 15.2. The van der Waals surface area contributed by atoms with Crippen LogP contribution < -0.4 is 15.5 Å². The largest absolute Gasteiger partial charge is 0.395 e. The van der Waals surface area contributed by atoms with E-state index in [0.29, 0.717) is 24.2 Å². The van der Waals surface area contributed by atoms with Gasteiger partial charge in [0.05, 0.1) is 18.8 Å². The summed E-state index contributed by atoms with van der Waals surface area (Å²) >= 11 is 0. The van der Waals surface area contributed by atoms with Gasteiger partial charge in [-0.15, -0.1) is 0 Å². The summed E-state index contributed by atoms with van der Waals surface area (Å²) in [6, 6.07) is 26.4. The summed E-state index contributed by atoms with van der Waals surface area (Å²) in [4.78, 5) is 56.6. The van der Waals surface area contributed by atoms with Crippen LogP contribution in [0.25, 0.3) is 11.1 Å². The third-order valence-electron chi connectivity index (χ3n) is 9.22. The number of anilines is 1. The van der Waals surface area contributed by atoms with Gasteiger partial charge in [-0.2, -0.15) is 0 Å². The molecule has 0 aromatic heterocycles. The van der Waals surface area contributed by atoms with E-state index < -0.39 is 0 Å². The Kier molecular flexibility index (Phi) is 10.4. The highest BCUT2D eigenvalue weighted by Gasteiger charge is 2.33. The number of hydrogen-bond acceptors (Lipinski definition) is 5. The number of amides is 4. The summed E-state index contributed by atoms with van der Waals surface area (Å²) in [7, 11) is 0. The highest BCUT2D eigenvalue weighted by molar-refractivity contribution is 5.98. The van der Waals surface area contributed by atoms with E-state index >= 15 is 0 Å². The van der Waals surface area contributed by atoms with E-state index in [9.17, 15) is 24.3 Å². The smallest absolute Gasteiger partial charge is 0.251 e. The lowest BCUT2D eigenvalue weighted by Gasteiger charge is -2.29. The number of benzene rings is 4. The van der Waals surface area contributed by atoms with Crippen LogP contribution in [-0.4, -0.2) is 66.4 Å². The molecule has 4 amide bonds. The summed E-state index contributed by atoms with van der Waals surface area (Å²) in [5.41, 5.74) is 7.83. The number of aliphatic hydroxyl groups is 1. The molecule has 0 saturated carbocycles. The second-order valence-electron chi connectivity index (χ2n) is 12.5. The molecule has 0 fully saturated rings. The predicted molar refractivity (Wildman–Crippen MR) is 197 cm³/mol. The molecule has 4 aromatic carbocycles. The maximum atomic E-state index is 14.0. The molecule has 0 saturated heterocycles. The van der Waals surface area contributed by atoms with Gasteiger partial charge in [0.1, 0.15) is 0 Å². The Morgan fingerprint density at radius 1 is 0.840 bits per heavy atom. The molecule has 0 radical (unpaired) electrons. The third kappa shape index (κ3) is 7.16.